The van der Waals surface area contributed by atoms with Gasteiger partial charge in [-0.25, -0.2) is 0 Å². The van der Waals surface area contributed by atoms with Crippen LogP contribution in [0.1, 0.15) is 0 Å². The maximum atomic E-state index is 13.3. The Morgan fingerprint density at radius 1 is 0.882 bits per heavy atom. The Bertz CT molecular complexity index is 505. The fraction of sp³-hybridized carbons (Fsp3) is 0.143. The van der Waals surface area contributed by atoms with Gasteiger partial charge in [0.05, 0.1) is 5.78 Å². The van der Waals surface area contributed by atoms with Gasteiger partial charge in [-0.05, 0) is 0 Å². The molecule has 0 aromatic heterocycles. The van der Waals surface area contributed by atoms with Crippen LogP contribution in [0.5, 0.6) is 0 Å². The van der Waals surface area contributed by atoms with Crippen molar-refractivity contribution in [3.05, 3.63) is 60.7 Å². The lowest BCUT2D eigenvalue weighted by Crippen LogP contribution is -2.20. The van der Waals surface area contributed by atoms with Gasteiger partial charge in [0.1, 0.15) is 0 Å². The first kappa shape index (κ1) is 10.8. The summed E-state index contributed by atoms with van der Waals surface area (Å²) in [5.74, 6) is 0.118. The smallest absolute Gasteiger partial charge is 0.160 e. The molecule has 1 heterocycles. The number of hydrogen-bond donors (Lipinski definition) is 1. The first-order valence-electron chi connectivity index (χ1n) is 5.76. The maximum Gasteiger partial charge on any atom is 0.160 e. The van der Waals surface area contributed by atoms with Crippen LogP contribution in [-0.2, 0) is 4.57 Å². The third-order valence-corrected chi connectivity index (χ3v) is 6.48. The van der Waals surface area contributed by atoms with E-state index in [-0.39, 0.29) is 5.78 Å². The van der Waals surface area contributed by atoms with E-state index in [0.29, 0.717) is 0 Å². The van der Waals surface area contributed by atoms with E-state index in [1.54, 1.807) is 0 Å². The van der Waals surface area contributed by atoms with Gasteiger partial charge >= 0.3 is 0 Å². The minimum atomic E-state index is -2.50. The predicted octanol–water partition coefficient (Wildman–Crippen LogP) is 1.93. The number of benzene rings is 2. The zero-order valence-corrected chi connectivity index (χ0v) is 10.3. The van der Waals surface area contributed by atoms with Crippen LogP contribution in [0.25, 0.3) is 0 Å². The molecule has 0 amide bonds. The number of nitrogens with one attached hydrogen (secondary N) is 1. The van der Waals surface area contributed by atoms with E-state index in [1.807, 2.05) is 60.7 Å². The van der Waals surface area contributed by atoms with E-state index >= 15 is 0 Å². The van der Waals surface area contributed by atoms with E-state index in [4.69, 9.17) is 0 Å². The Hall–Kier alpha value is -1.37. The highest BCUT2D eigenvalue weighted by atomic mass is 31.2. The third-order valence-electron chi connectivity index (χ3n) is 3.11. The summed E-state index contributed by atoms with van der Waals surface area (Å²) >= 11 is 0. The summed E-state index contributed by atoms with van der Waals surface area (Å²) in [7, 11) is -2.50. The lowest BCUT2D eigenvalue weighted by atomic mass is 10.4. The summed E-state index contributed by atoms with van der Waals surface area (Å²) in [6.45, 7) is 0.848. The molecule has 0 aliphatic carbocycles. The minimum absolute atomic E-state index is 0.118. The minimum Gasteiger partial charge on any atom is -0.312 e. The summed E-state index contributed by atoms with van der Waals surface area (Å²) in [5, 5.41) is 5.10. The zero-order chi connectivity index (χ0) is 11.7. The first-order chi connectivity index (χ1) is 8.32. The molecule has 0 spiro atoms. The van der Waals surface area contributed by atoms with Crippen molar-refractivity contribution < 1.29 is 4.57 Å². The fourth-order valence-electron chi connectivity index (χ4n) is 2.12. The summed E-state index contributed by atoms with van der Waals surface area (Å²) in [6, 6.07) is 19.6. The lowest BCUT2D eigenvalue weighted by Gasteiger charge is -2.17. The molecular weight excluding hydrogens is 229 g/mol. The van der Waals surface area contributed by atoms with Crippen LogP contribution in [-0.4, -0.2) is 12.3 Å². The van der Waals surface area contributed by atoms with Crippen LogP contribution in [0.15, 0.2) is 60.7 Å². The van der Waals surface area contributed by atoms with Crippen LogP contribution in [0.4, 0.5) is 0 Å². The summed E-state index contributed by atoms with van der Waals surface area (Å²) in [4.78, 5) is 0. The van der Waals surface area contributed by atoms with Crippen LogP contribution < -0.4 is 15.9 Å². The van der Waals surface area contributed by atoms with Gasteiger partial charge in [-0.15, -0.1) is 0 Å². The van der Waals surface area contributed by atoms with Crippen molar-refractivity contribution in [3.8, 4) is 0 Å². The standard InChI is InChI=1S/C14H14NOP/c16-17(14-11-15-14,12-7-3-1-4-8-12)13-9-5-2-6-10-13/h1-10,14-15H,11H2. The average Bonchev–Trinajstić information content (AvgIpc) is 3.24. The molecule has 1 unspecified atom stereocenters. The highest BCUT2D eigenvalue weighted by Gasteiger charge is 2.43. The number of rotatable bonds is 3. The monoisotopic (exact) mass is 243 g/mol. The van der Waals surface area contributed by atoms with Crippen molar-refractivity contribution in [2.75, 3.05) is 6.54 Å². The molecule has 2 aromatic rings. The highest BCUT2D eigenvalue weighted by molar-refractivity contribution is 7.79. The van der Waals surface area contributed by atoms with E-state index in [2.05, 4.69) is 5.32 Å². The van der Waals surface area contributed by atoms with Crippen LogP contribution >= 0.6 is 7.14 Å². The maximum absolute atomic E-state index is 13.3. The molecule has 0 bridgehead atoms. The Morgan fingerprint density at radius 2 is 1.29 bits per heavy atom. The van der Waals surface area contributed by atoms with Gasteiger partial charge in [0.15, 0.2) is 7.14 Å². The molecule has 1 N–H and O–H groups in total. The van der Waals surface area contributed by atoms with Crippen molar-refractivity contribution in [3.63, 3.8) is 0 Å². The molecule has 1 saturated heterocycles. The molecule has 1 atom stereocenters. The van der Waals surface area contributed by atoms with Gasteiger partial charge in [0.25, 0.3) is 0 Å². The lowest BCUT2D eigenvalue weighted by molar-refractivity contribution is 0.586. The van der Waals surface area contributed by atoms with Gasteiger partial charge < -0.3 is 9.88 Å². The highest BCUT2D eigenvalue weighted by Crippen LogP contribution is 2.50. The Kier molecular flexibility index (Phi) is 2.62. The molecule has 3 heteroatoms. The quantitative estimate of drug-likeness (QED) is 0.661. The Morgan fingerprint density at radius 3 is 1.65 bits per heavy atom. The molecule has 1 fully saturated rings. The van der Waals surface area contributed by atoms with Crippen molar-refractivity contribution >= 4 is 17.8 Å². The SMILES string of the molecule is O=P(c1ccccc1)(c1ccccc1)C1CN1. The Labute approximate surface area is 101 Å². The third kappa shape index (κ3) is 1.84. The predicted molar refractivity (Wildman–Crippen MR) is 71.5 cm³/mol. The van der Waals surface area contributed by atoms with E-state index in [9.17, 15) is 4.57 Å². The van der Waals surface area contributed by atoms with Gasteiger partial charge in [-0.1, -0.05) is 60.7 Å². The molecule has 1 aliphatic rings. The van der Waals surface area contributed by atoms with Crippen LogP contribution in [0.2, 0.25) is 0 Å². The van der Waals surface area contributed by atoms with Gasteiger partial charge in [0.2, 0.25) is 0 Å². The fourth-order valence-corrected chi connectivity index (χ4v) is 4.99. The number of hydrogen-bond acceptors (Lipinski definition) is 2. The summed E-state index contributed by atoms with van der Waals surface area (Å²) in [5.41, 5.74) is 0. The molecular formula is C14H14NOP. The topological polar surface area (TPSA) is 39.0 Å². The van der Waals surface area contributed by atoms with Crippen molar-refractivity contribution in [2.45, 2.75) is 5.78 Å². The first-order valence-corrected chi connectivity index (χ1v) is 7.54. The summed E-state index contributed by atoms with van der Waals surface area (Å²) in [6.07, 6.45) is 0. The Balaban J connectivity index is 2.15. The molecule has 2 nitrogen and oxygen atoms in total. The molecule has 3 rings (SSSR count). The van der Waals surface area contributed by atoms with E-state index < -0.39 is 7.14 Å². The molecule has 86 valence electrons. The van der Waals surface area contributed by atoms with Crippen LogP contribution in [0, 0.1) is 0 Å². The normalized spacial score (nSPS) is 18.9. The zero-order valence-electron chi connectivity index (χ0n) is 9.41. The van der Waals surface area contributed by atoms with Gasteiger partial charge in [-0.3, -0.25) is 0 Å². The molecule has 1 aliphatic heterocycles. The van der Waals surface area contributed by atoms with Crippen LogP contribution in [0.3, 0.4) is 0 Å². The molecule has 2 aromatic carbocycles. The second-order valence-corrected chi connectivity index (χ2v) is 7.23. The molecule has 0 radical (unpaired) electrons. The largest absolute Gasteiger partial charge is 0.312 e. The second-order valence-electron chi connectivity index (χ2n) is 4.25. The van der Waals surface area contributed by atoms with Crippen molar-refractivity contribution in [1.82, 2.24) is 5.32 Å². The van der Waals surface area contributed by atoms with Gasteiger partial charge in [-0.2, -0.15) is 0 Å². The van der Waals surface area contributed by atoms with Crippen molar-refractivity contribution in [2.24, 2.45) is 0 Å². The average molecular weight is 243 g/mol. The van der Waals surface area contributed by atoms with Crippen molar-refractivity contribution in [1.29, 1.82) is 0 Å². The van der Waals surface area contributed by atoms with E-state index in [0.717, 1.165) is 17.2 Å². The second kappa shape index (κ2) is 4.14. The molecule has 0 saturated carbocycles. The molecule has 17 heavy (non-hydrogen) atoms. The summed E-state index contributed by atoms with van der Waals surface area (Å²) < 4.78 is 13.3. The van der Waals surface area contributed by atoms with E-state index in [1.165, 1.54) is 0 Å². The van der Waals surface area contributed by atoms with Gasteiger partial charge in [0, 0.05) is 17.2 Å².